The summed E-state index contributed by atoms with van der Waals surface area (Å²) in [6.07, 6.45) is 2.30. The zero-order valence-electron chi connectivity index (χ0n) is 15.2. The molecule has 2 N–H and O–H groups in total. The zero-order valence-corrected chi connectivity index (χ0v) is 16.8. The maximum Gasteiger partial charge on any atom is 0.191 e. The monoisotopic (exact) mass is 408 g/mol. The van der Waals surface area contributed by atoms with Crippen LogP contribution in [0.2, 0.25) is 0 Å². The van der Waals surface area contributed by atoms with Crippen LogP contribution >= 0.6 is 15.9 Å². The van der Waals surface area contributed by atoms with Gasteiger partial charge in [0.05, 0.1) is 13.2 Å². The Morgan fingerprint density at radius 1 is 1.28 bits per heavy atom. The average Bonchev–Trinajstić information content (AvgIpc) is 2.60. The lowest BCUT2D eigenvalue weighted by atomic mass is 9.89. The van der Waals surface area contributed by atoms with Crippen molar-refractivity contribution in [2.24, 2.45) is 10.4 Å². The van der Waals surface area contributed by atoms with E-state index in [0.717, 1.165) is 62.7 Å². The van der Waals surface area contributed by atoms with E-state index >= 15 is 0 Å². The van der Waals surface area contributed by atoms with Crippen molar-refractivity contribution < 1.29 is 4.74 Å². The third-order valence-corrected chi connectivity index (χ3v) is 5.58. The van der Waals surface area contributed by atoms with E-state index < -0.39 is 0 Å². The van der Waals surface area contributed by atoms with Crippen molar-refractivity contribution in [2.45, 2.75) is 32.4 Å². The third-order valence-electron chi connectivity index (χ3n) is 5.06. The highest BCUT2D eigenvalue weighted by molar-refractivity contribution is 9.10. The van der Waals surface area contributed by atoms with Crippen LogP contribution in [0.25, 0.3) is 0 Å². The largest absolute Gasteiger partial charge is 0.380 e. The smallest absolute Gasteiger partial charge is 0.191 e. The molecule has 138 valence electrons. The number of hydrogen-bond donors (Lipinski definition) is 2. The molecule has 0 spiro atoms. The molecule has 0 bridgehead atoms. The summed E-state index contributed by atoms with van der Waals surface area (Å²) in [5.41, 5.74) is 1.63. The van der Waals surface area contributed by atoms with Crippen molar-refractivity contribution in [3.63, 3.8) is 0 Å². The summed E-state index contributed by atoms with van der Waals surface area (Å²) < 4.78 is 6.45. The number of piperidine rings is 1. The van der Waals surface area contributed by atoms with Crippen molar-refractivity contribution in [3.8, 4) is 0 Å². The quantitative estimate of drug-likeness (QED) is 0.580. The molecule has 1 aromatic carbocycles. The molecule has 0 unspecified atom stereocenters. The first-order valence-corrected chi connectivity index (χ1v) is 9.87. The molecular formula is C19H29BrN4O. The summed E-state index contributed by atoms with van der Waals surface area (Å²) in [4.78, 5) is 6.91. The lowest BCUT2D eigenvalue weighted by Crippen LogP contribution is -2.53. The topological polar surface area (TPSA) is 48.9 Å². The van der Waals surface area contributed by atoms with Gasteiger partial charge in [-0.05, 0) is 30.5 Å². The first-order valence-electron chi connectivity index (χ1n) is 9.08. The number of ether oxygens (including phenoxy) is 1. The highest BCUT2D eigenvalue weighted by Crippen LogP contribution is 2.25. The Morgan fingerprint density at radius 2 is 1.96 bits per heavy atom. The number of likely N-dealkylation sites (tertiary alicyclic amines) is 1. The molecule has 0 amide bonds. The molecule has 5 nitrogen and oxygen atoms in total. The highest BCUT2D eigenvalue weighted by atomic mass is 79.9. The van der Waals surface area contributed by atoms with Crippen LogP contribution < -0.4 is 10.6 Å². The Kier molecular flexibility index (Phi) is 6.36. The van der Waals surface area contributed by atoms with Gasteiger partial charge in [0.1, 0.15) is 0 Å². The van der Waals surface area contributed by atoms with Crippen LogP contribution in [-0.4, -0.2) is 56.8 Å². The highest BCUT2D eigenvalue weighted by Gasteiger charge is 2.33. The fraction of sp³-hybridized carbons (Fsp3) is 0.632. The molecule has 2 heterocycles. The van der Waals surface area contributed by atoms with Gasteiger partial charge in [0, 0.05) is 49.2 Å². The van der Waals surface area contributed by atoms with Gasteiger partial charge in [-0.3, -0.25) is 9.89 Å². The summed E-state index contributed by atoms with van der Waals surface area (Å²) in [6, 6.07) is 9.13. The normalized spacial score (nSPS) is 21.6. The molecule has 0 atom stereocenters. The van der Waals surface area contributed by atoms with E-state index in [1.165, 1.54) is 5.56 Å². The van der Waals surface area contributed by atoms with Crippen molar-refractivity contribution in [1.82, 2.24) is 15.5 Å². The number of aliphatic imine (C=N–C) groups is 1. The van der Waals surface area contributed by atoms with Crippen LogP contribution in [0.1, 0.15) is 25.3 Å². The minimum Gasteiger partial charge on any atom is -0.380 e. The van der Waals surface area contributed by atoms with Gasteiger partial charge < -0.3 is 15.4 Å². The minimum atomic E-state index is 0.256. The number of rotatable bonds is 5. The number of hydrogen-bond acceptors (Lipinski definition) is 3. The molecule has 2 fully saturated rings. The number of nitrogens with one attached hydrogen (secondary N) is 2. The first kappa shape index (κ1) is 18.7. The maximum atomic E-state index is 5.31. The van der Waals surface area contributed by atoms with Crippen LogP contribution in [0.4, 0.5) is 0 Å². The molecule has 3 rings (SSSR count). The Hall–Kier alpha value is -1.11. The molecule has 0 aliphatic carbocycles. The predicted molar refractivity (Wildman–Crippen MR) is 106 cm³/mol. The lowest BCUT2D eigenvalue weighted by molar-refractivity contribution is -0.0971. The van der Waals surface area contributed by atoms with Gasteiger partial charge in [-0.2, -0.15) is 0 Å². The summed E-state index contributed by atoms with van der Waals surface area (Å²) in [5, 5.41) is 7.04. The summed E-state index contributed by atoms with van der Waals surface area (Å²) in [7, 11) is 1.84. The maximum absolute atomic E-state index is 5.31. The Labute approximate surface area is 159 Å². The molecule has 0 radical (unpaired) electrons. The Bertz CT molecular complexity index is 578. The van der Waals surface area contributed by atoms with Crippen molar-refractivity contribution in [2.75, 3.05) is 39.9 Å². The van der Waals surface area contributed by atoms with Crippen molar-refractivity contribution in [3.05, 3.63) is 34.3 Å². The van der Waals surface area contributed by atoms with Gasteiger partial charge in [0.15, 0.2) is 5.96 Å². The summed E-state index contributed by atoms with van der Waals surface area (Å²) >= 11 is 3.50. The molecule has 25 heavy (non-hydrogen) atoms. The van der Waals surface area contributed by atoms with Gasteiger partial charge >= 0.3 is 0 Å². The molecule has 6 heteroatoms. The predicted octanol–water partition coefficient (Wildman–Crippen LogP) is 2.62. The summed E-state index contributed by atoms with van der Waals surface area (Å²) in [6.45, 7) is 8.11. The fourth-order valence-corrected chi connectivity index (χ4v) is 3.59. The van der Waals surface area contributed by atoms with E-state index in [1.54, 1.807) is 0 Å². The second kappa shape index (κ2) is 8.52. The van der Waals surface area contributed by atoms with E-state index in [1.807, 2.05) is 7.05 Å². The summed E-state index contributed by atoms with van der Waals surface area (Å²) in [5.74, 6) is 0.916. The lowest BCUT2D eigenvalue weighted by Gasteiger charge is -2.39. The minimum absolute atomic E-state index is 0.256. The van der Waals surface area contributed by atoms with E-state index in [-0.39, 0.29) is 5.41 Å². The van der Waals surface area contributed by atoms with E-state index in [4.69, 9.17) is 4.74 Å². The number of halogens is 1. The standard InChI is InChI=1S/C19H29BrN4O/c1-19(13-25-14-19)12-22-18(21-2)23-17-7-9-24(10-8-17)11-15-3-5-16(20)6-4-15/h3-6,17H,7-14H2,1-2H3,(H2,21,22,23). The molecule has 0 saturated carbocycles. The SMILES string of the molecule is CN=C(NCC1(C)COC1)NC1CCN(Cc2ccc(Br)cc2)CC1. The van der Waals surface area contributed by atoms with Crippen molar-refractivity contribution >= 4 is 21.9 Å². The Morgan fingerprint density at radius 3 is 2.52 bits per heavy atom. The van der Waals surface area contributed by atoms with Crippen molar-refractivity contribution in [1.29, 1.82) is 0 Å². The molecular weight excluding hydrogens is 380 g/mol. The van der Waals surface area contributed by atoms with Crippen LogP contribution in [0.15, 0.2) is 33.7 Å². The Balaban J connectivity index is 1.39. The number of nitrogens with zero attached hydrogens (tertiary/aromatic N) is 2. The molecule has 2 aliphatic rings. The second-order valence-electron chi connectivity index (χ2n) is 7.55. The van der Waals surface area contributed by atoms with Gasteiger partial charge in [0.2, 0.25) is 0 Å². The number of benzene rings is 1. The molecule has 1 aromatic rings. The number of guanidine groups is 1. The van der Waals surface area contributed by atoms with E-state index in [9.17, 15) is 0 Å². The second-order valence-corrected chi connectivity index (χ2v) is 8.47. The van der Waals surface area contributed by atoms with Crippen LogP contribution in [0, 0.1) is 5.41 Å². The molecule has 2 aliphatic heterocycles. The first-order chi connectivity index (χ1) is 12.1. The van der Waals surface area contributed by atoms with Crippen LogP contribution in [0.5, 0.6) is 0 Å². The van der Waals surface area contributed by atoms with Gasteiger partial charge in [0.25, 0.3) is 0 Å². The zero-order chi connectivity index (χ0) is 17.7. The molecule has 0 aromatic heterocycles. The van der Waals surface area contributed by atoms with E-state index in [2.05, 4.69) is 67.6 Å². The molecule has 2 saturated heterocycles. The average molecular weight is 409 g/mol. The fourth-order valence-electron chi connectivity index (χ4n) is 3.32. The van der Waals surface area contributed by atoms with E-state index in [0.29, 0.717) is 6.04 Å². The van der Waals surface area contributed by atoms with Gasteiger partial charge in [-0.1, -0.05) is 35.0 Å². The van der Waals surface area contributed by atoms with Crippen LogP contribution in [-0.2, 0) is 11.3 Å². The van der Waals surface area contributed by atoms with Crippen LogP contribution in [0.3, 0.4) is 0 Å². The van der Waals surface area contributed by atoms with Gasteiger partial charge in [-0.25, -0.2) is 0 Å². The third kappa shape index (κ3) is 5.43. The van der Waals surface area contributed by atoms with Gasteiger partial charge in [-0.15, -0.1) is 0 Å².